The number of likely N-dealkylation sites (N-methyl/N-ethyl adjacent to an activating group) is 1. The van der Waals surface area contributed by atoms with Gasteiger partial charge < -0.3 is 19.8 Å². The largest absolute Gasteiger partial charge is 0.472 e. The number of unbranched alkanes of at least 4 members (excludes halogenated alkanes) is 47. The van der Waals surface area contributed by atoms with Crippen LogP contribution in [0.2, 0.25) is 0 Å². The second-order valence-corrected chi connectivity index (χ2v) is 26.4. The van der Waals surface area contributed by atoms with Gasteiger partial charge in [0.25, 0.3) is 0 Å². The second-order valence-electron chi connectivity index (χ2n) is 24.9. The summed E-state index contributed by atoms with van der Waals surface area (Å²) in [5.74, 6) is -0.183. The van der Waals surface area contributed by atoms with E-state index < -0.39 is 20.0 Å². The number of allylic oxidation sites excluding steroid dienone is 5. The molecule has 0 aromatic rings. The molecule has 78 heavy (non-hydrogen) atoms. The maximum atomic E-state index is 13.0. The molecule has 462 valence electrons. The number of carbonyl (C=O) groups is 1. The molecule has 0 radical (unpaired) electrons. The van der Waals surface area contributed by atoms with Gasteiger partial charge in [0, 0.05) is 6.42 Å². The molecule has 0 aliphatic heterocycles. The molecule has 0 heterocycles. The normalized spacial score (nSPS) is 13.9. The summed E-state index contributed by atoms with van der Waals surface area (Å²) >= 11 is 0. The van der Waals surface area contributed by atoms with Crippen molar-refractivity contribution >= 4 is 13.7 Å². The van der Waals surface area contributed by atoms with E-state index in [1.54, 1.807) is 6.08 Å². The number of nitrogens with one attached hydrogen (secondary N) is 1. The number of amides is 1. The highest BCUT2D eigenvalue weighted by atomic mass is 31.2. The molecule has 0 saturated heterocycles. The first-order valence-corrected chi connectivity index (χ1v) is 35.9. The van der Waals surface area contributed by atoms with E-state index in [1.807, 2.05) is 27.2 Å². The zero-order chi connectivity index (χ0) is 57.0. The lowest BCUT2D eigenvalue weighted by Gasteiger charge is -2.25. The van der Waals surface area contributed by atoms with Crippen molar-refractivity contribution < 1.29 is 32.9 Å². The smallest absolute Gasteiger partial charge is 0.387 e. The molecule has 0 rings (SSSR count). The third-order valence-corrected chi connectivity index (χ3v) is 16.8. The maximum Gasteiger partial charge on any atom is 0.472 e. The third kappa shape index (κ3) is 62.3. The van der Waals surface area contributed by atoms with Gasteiger partial charge in [0.15, 0.2) is 0 Å². The molecular formula is C69H136N2O6P+. The minimum absolute atomic E-state index is 0.0554. The lowest BCUT2D eigenvalue weighted by Crippen LogP contribution is -2.45. The van der Waals surface area contributed by atoms with Gasteiger partial charge in [-0.05, 0) is 44.9 Å². The number of nitrogens with zero attached hydrogens (tertiary/aromatic N) is 1. The topological polar surface area (TPSA) is 105 Å². The second kappa shape index (κ2) is 60.3. The minimum atomic E-state index is -4.36. The molecule has 3 N–H and O–H groups in total. The van der Waals surface area contributed by atoms with Crippen LogP contribution in [-0.2, 0) is 18.4 Å². The first-order valence-electron chi connectivity index (χ1n) is 34.4. The Kier molecular flexibility index (Phi) is 59.3. The molecule has 0 aromatic heterocycles. The number of aliphatic hydroxyl groups is 1. The van der Waals surface area contributed by atoms with Gasteiger partial charge in [-0.1, -0.05) is 333 Å². The van der Waals surface area contributed by atoms with Crippen molar-refractivity contribution in [2.45, 2.75) is 360 Å². The van der Waals surface area contributed by atoms with E-state index in [9.17, 15) is 19.4 Å². The van der Waals surface area contributed by atoms with E-state index in [1.165, 1.54) is 283 Å². The SMILES string of the molecule is CCCCCCCCCCCCCCCCCCCCC/C=C/CC/C=C/CC/C=C/C(O)C(COP(=O)(O)OCC[N+](C)(C)C)NC(=O)CCCCCCCCCCCCCCCCCCCCCCCCCCCCC. The fourth-order valence-corrected chi connectivity index (χ4v) is 11.2. The van der Waals surface area contributed by atoms with Crippen LogP contribution in [-0.4, -0.2) is 73.4 Å². The zero-order valence-corrected chi connectivity index (χ0v) is 53.8. The first-order chi connectivity index (χ1) is 38.0. The lowest BCUT2D eigenvalue weighted by atomic mass is 10.0. The van der Waals surface area contributed by atoms with Crippen LogP contribution < -0.4 is 5.32 Å². The Hall–Kier alpha value is -1.28. The molecular weight excluding hydrogens is 984 g/mol. The molecule has 8 nitrogen and oxygen atoms in total. The van der Waals surface area contributed by atoms with E-state index >= 15 is 0 Å². The van der Waals surface area contributed by atoms with Gasteiger partial charge in [-0.25, -0.2) is 4.57 Å². The number of aliphatic hydroxyl groups excluding tert-OH is 1. The quantitative estimate of drug-likeness (QED) is 0.0243. The van der Waals surface area contributed by atoms with Crippen LogP contribution in [0.25, 0.3) is 0 Å². The summed E-state index contributed by atoms with van der Waals surface area (Å²) in [5, 5.41) is 14.0. The highest BCUT2D eigenvalue weighted by molar-refractivity contribution is 7.47. The number of hydrogen-bond donors (Lipinski definition) is 3. The van der Waals surface area contributed by atoms with Crippen LogP contribution in [0.5, 0.6) is 0 Å². The van der Waals surface area contributed by atoms with Crippen molar-refractivity contribution in [2.75, 3.05) is 40.9 Å². The van der Waals surface area contributed by atoms with Crippen LogP contribution in [0, 0.1) is 0 Å². The summed E-state index contributed by atoms with van der Waals surface area (Å²) in [4.78, 5) is 23.4. The predicted octanol–water partition coefficient (Wildman–Crippen LogP) is 21.7. The summed E-state index contributed by atoms with van der Waals surface area (Å²) in [6.45, 7) is 4.85. The third-order valence-electron chi connectivity index (χ3n) is 15.8. The Balaban J connectivity index is 4.13. The Morgan fingerprint density at radius 1 is 0.423 bits per heavy atom. The van der Waals surface area contributed by atoms with Gasteiger partial charge in [0.05, 0.1) is 39.9 Å². The van der Waals surface area contributed by atoms with Crippen molar-refractivity contribution in [3.05, 3.63) is 36.5 Å². The Morgan fingerprint density at radius 2 is 0.705 bits per heavy atom. The molecule has 3 atom stereocenters. The predicted molar refractivity (Wildman–Crippen MR) is 341 cm³/mol. The Labute approximate surface area is 487 Å². The number of phosphoric ester groups is 1. The standard InChI is InChI=1S/C69H135N2O6P/c1-6-8-10-12-14-16-18-20-22-24-26-28-30-32-34-35-37-38-40-42-44-46-48-50-52-54-56-58-60-62-68(72)67(66-77-78(74,75)76-65-64-71(3,4)5)70-69(73)63-61-59-57-55-53-51-49-47-45-43-41-39-36-33-31-29-27-25-23-21-19-17-15-13-11-9-7-2/h44,46,52,54,60,62,67-68,72H,6-43,45,47-51,53,55-59,61,63-66H2,1-5H3,(H-,70,73,74,75)/p+1/b46-44+,54-52+,62-60+. The number of carbonyl (C=O) groups excluding carboxylic acids is 1. The van der Waals surface area contributed by atoms with E-state index in [0.717, 1.165) is 44.9 Å². The minimum Gasteiger partial charge on any atom is -0.387 e. The number of phosphoric acid groups is 1. The maximum absolute atomic E-state index is 13.0. The molecule has 0 spiro atoms. The van der Waals surface area contributed by atoms with Crippen LogP contribution in [0.4, 0.5) is 0 Å². The van der Waals surface area contributed by atoms with Crippen molar-refractivity contribution in [1.82, 2.24) is 5.32 Å². The fraction of sp³-hybridized carbons (Fsp3) is 0.899. The summed E-state index contributed by atoms with van der Waals surface area (Å²) in [5.41, 5.74) is 0. The Morgan fingerprint density at radius 3 is 1.03 bits per heavy atom. The van der Waals surface area contributed by atoms with Crippen molar-refractivity contribution in [1.29, 1.82) is 0 Å². The lowest BCUT2D eigenvalue weighted by molar-refractivity contribution is -0.870. The molecule has 0 aliphatic rings. The molecule has 0 aliphatic carbocycles. The monoisotopic (exact) mass is 1120 g/mol. The van der Waals surface area contributed by atoms with E-state index in [2.05, 4.69) is 43.5 Å². The molecule has 1 amide bonds. The zero-order valence-electron chi connectivity index (χ0n) is 52.9. The van der Waals surface area contributed by atoms with E-state index in [4.69, 9.17) is 9.05 Å². The number of rotatable bonds is 64. The molecule has 0 aromatic carbocycles. The Bertz CT molecular complexity index is 1360. The molecule has 3 unspecified atom stereocenters. The number of hydrogen-bond acceptors (Lipinski definition) is 5. The van der Waals surface area contributed by atoms with Crippen molar-refractivity contribution in [2.24, 2.45) is 0 Å². The summed E-state index contributed by atoms with van der Waals surface area (Å²) in [6, 6.07) is -0.869. The van der Waals surface area contributed by atoms with E-state index in [0.29, 0.717) is 17.4 Å². The van der Waals surface area contributed by atoms with Crippen LogP contribution in [0.1, 0.15) is 348 Å². The van der Waals surface area contributed by atoms with Gasteiger partial charge in [-0.3, -0.25) is 13.8 Å². The van der Waals surface area contributed by atoms with Gasteiger partial charge >= 0.3 is 7.82 Å². The fourth-order valence-electron chi connectivity index (χ4n) is 10.5. The van der Waals surface area contributed by atoms with Crippen LogP contribution >= 0.6 is 7.82 Å². The summed E-state index contributed by atoms with van der Waals surface area (Å²) in [6.07, 6.45) is 80.1. The van der Waals surface area contributed by atoms with Gasteiger partial charge in [-0.2, -0.15) is 0 Å². The van der Waals surface area contributed by atoms with Gasteiger partial charge in [-0.15, -0.1) is 0 Å². The van der Waals surface area contributed by atoms with Gasteiger partial charge in [0.2, 0.25) is 5.91 Å². The highest BCUT2D eigenvalue weighted by Gasteiger charge is 2.28. The number of quaternary nitrogens is 1. The molecule has 0 bridgehead atoms. The summed E-state index contributed by atoms with van der Waals surface area (Å²) < 4.78 is 23.8. The van der Waals surface area contributed by atoms with Crippen molar-refractivity contribution in [3.63, 3.8) is 0 Å². The average molecular weight is 1120 g/mol. The van der Waals surface area contributed by atoms with Gasteiger partial charge in [0.1, 0.15) is 13.2 Å². The molecule has 0 fully saturated rings. The van der Waals surface area contributed by atoms with Crippen LogP contribution in [0.15, 0.2) is 36.5 Å². The highest BCUT2D eigenvalue weighted by Crippen LogP contribution is 2.43. The molecule has 0 saturated carbocycles. The van der Waals surface area contributed by atoms with Crippen molar-refractivity contribution in [3.8, 4) is 0 Å². The summed E-state index contributed by atoms with van der Waals surface area (Å²) in [7, 11) is 1.56. The van der Waals surface area contributed by atoms with E-state index in [-0.39, 0.29) is 19.1 Å². The van der Waals surface area contributed by atoms with Crippen LogP contribution in [0.3, 0.4) is 0 Å². The average Bonchev–Trinajstić information content (AvgIpc) is 3.41. The molecule has 9 heteroatoms. The first kappa shape index (κ1) is 76.7.